The Kier molecular flexibility index (Phi) is 6.22. The summed E-state index contributed by atoms with van der Waals surface area (Å²) in [5.74, 6) is -1.16. The Morgan fingerprint density at radius 3 is 2.05 bits per heavy atom. The largest absolute Gasteiger partial charge is 0.345 e. The van der Waals surface area contributed by atoms with Crippen LogP contribution in [0, 0.1) is 0 Å². The Morgan fingerprint density at radius 2 is 1.55 bits per heavy atom. The molecule has 0 radical (unpaired) electrons. The van der Waals surface area contributed by atoms with Crippen LogP contribution < -0.4 is 10.6 Å². The van der Waals surface area contributed by atoms with Gasteiger partial charge in [-0.2, -0.15) is 0 Å². The van der Waals surface area contributed by atoms with Crippen molar-refractivity contribution in [3.05, 3.63) is 35.4 Å². The summed E-state index contributed by atoms with van der Waals surface area (Å²) in [7, 11) is 0. The van der Waals surface area contributed by atoms with Crippen LogP contribution in [-0.4, -0.2) is 17.9 Å². The van der Waals surface area contributed by atoms with Crippen LogP contribution in [0.1, 0.15) is 51.3 Å². The van der Waals surface area contributed by atoms with Crippen molar-refractivity contribution in [3.63, 3.8) is 0 Å². The third kappa shape index (κ3) is 4.68. The first-order chi connectivity index (χ1) is 9.47. The lowest BCUT2D eigenvalue weighted by Gasteiger charge is -2.16. The summed E-state index contributed by atoms with van der Waals surface area (Å²) in [6.45, 7) is 7.80. The first kappa shape index (κ1) is 16.2. The van der Waals surface area contributed by atoms with Crippen LogP contribution in [-0.2, 0) is 16.0 Å². The molecule has 1 aromatic rings. The van der Waals surface area contributed by atoms with Crippen molar-refractivity contribution in [1.82, 2.24) is 10.6 Å². The van der Waals surface area contributed by atoms with Crippen LogP contribution in [0.3, 0.4) is 0 Å². The Bertz CT molecular complexity index is 454. The van der Waals surface area contributed by atoms with Gasteiger partial charge in [-0.1, -0.05) is 38.1 Å². The van der Waals surface area contributed by atoms with E-state index in [1.54, 1.807) is 0 Å². The molecule has 2 atom stereocenters. The van der Waals surface area contributed by atoms with Crippen molar-refractivity contribution in [2.45, 2.75) is 52.6 Å². The van der Waals surface area contributed by atoms with Gasteiger partial charge in [0, 0.05) is 6.04 Å². The molecule has 0 saturated carbocycles. The van der Waals surface area contributed by atoms with Gasteiger partial charge in [0.15, 0.2) is 0 Å². The number of hydrogen-bond donors (Lipinski definition) is 2. The van der Waals surface area contributed by atoms with E-state index in [4.69, 9.17) is 0 Å². The van der Waals surface area contributed by atoms with E-state index >= 15 is 0 Å². The number of benzene rings is 1. The highest BCUT2D eigenvalue weighted by molar-refractivity contribution is 6.35. The predicted octanol–water partition coefficient (Wildman–Crippen LogP) is 2.34. The van der Waals surface area contributed by atoms with Gasteiger partial charge in [-0.15, -0.1) is 0 Å². The Balaban J connectivity index is 2.58. The molecule has 4 nitrogen and oxygen atoms in total. The average molecular weight is 276 g/mol. The van der Waals surface area contributed by atoms with Gasteiger partial charge >= 0.3 is 11.8 Å². The fourth-order valence-electron chi connectivity index (χ4n) is 1.78. The highest BCUT2D eigenvalue weighted by Crippen LogP contribution is 2.13. The maximum atomic E-state index is 11.8. The van der Waals surface area contributed by atoms with E-state index in [1.165, 1.54) is 5.56 Å². The van der Waals surface area contributed by atoms with E-state index in [2.05, 4.69) is 17.6 Å². The Hall–Kier alpha value is -1.84. The fourth-order valence-corrected chi connectivity index (χ4v) is 1.78. The molecule has 0 bridgehead atoms. The van der Waals surface area contributed by atoms with E-state index in [0.29, 0.717) is 0 Å². The third-order valence-corrected chi connectivity index (χ3v) is 3.43. The van der Waals surface area contributed by atoms with Gasteiger partial charge in [-0.3, -0.25) is 9.59 Å². The lowest BCUT2D eigenvalue weighted by molar-refractivity contribution is -0.140. The van der Waals surface area contributed by atoms with Gasteiger partial charge < -0.3 is 10.6 Å². The molecular formula is C16H24N2O2. The minimum atomic E-state index is -0.586. The molecule has 110 valence electrons. The monoisotopic (exact) mass is 276 g/mol. The van der Waals surface area contributed by atoms with Crippen molar-refractivity contribution in [1.29, 1.82) is 0 Å². The highest BCUT2D eigenvalue weighted by Gasteiger charge is 2.18. The molecule has 0 aliphatic rings. The summed E-state index contributed by atoms with van der Waals surface area (Å²) in [6.07, 6.45) is 1.78. The minimum Gasteiger partial charge on any atom is -0.345 e. The molecule has 0 aliphatic carbocycles. The summed E-state index contributed by atoms with van der Waals surface area (Å²) in [6, 6.07) is 7.87. The van der Waals surface area contributed by atoms with E-state index < -0.39 is 11.8 Å². The van der Waals surface area contributed by atoms with Gasteiger partial charge in [-0.25, -0.2) is 0 Å². The normalized spacial score (nSPS) is 13.4. The average Bonchev–Trinajstić information content (AvgIpc) is 2.46. The van der Waals surface area contributed by atoms with Crippen LogP contribution in [0.4, 0.5) is 0 Å². The van der Waals surface area contributed by atoms with E-state index in [1.807, 2.05) is 45.0 Å². The quantitative estimate of drug-likeness (QED) is 0.811. The minimum absolute atomic E-state index is 0.00685. The summed E-state index contributed by atoms with van der Waals surface area (Å²) < 4.78 is 0. The molecule has 0 saturated heterocycles. The zero-order chi connectivity index (χ0) is 15.1. The molecule has 0 heterocycles. The van der Waals surface area contributed by atoms with Gasteiger partial charge in [0.1, 0.15) is 0 Å². The van der Waals surface area contributed by atoms with Crippen molar-refractivity contribution in [2.24, 2.45) is 0 Å². The highest BCUT2D eigenvalue weighted by atomic mass is 16.2. The number of carbonyl (C=O) groups is 2. The van der Waals surface area contributed by atoms with Crippen molar-refractivity contribution >= 4 is 11.8 Å². The van der Waals surface area contributed by atoms with Crippen LogP contribution in [0.25, 0.3) is 0 Å². The predicted molar refractivity (Wildman–Crippen MR) is 80.3 cm³/mol. The maximum Gasteiger partial charge on any atom is 0.309 e. The molecule has 0 aliphatic heterocycles. The first-order valence-corrected chi connectivity index (χ1v) is 7.18. The molecule has 2 amide bonds. The summed E-state index contributed by atoms with van der Waals surface area (Å²) >= 11 is 0. The number of carbonyl (C=O) groups excluding carboxylic acids is 2. The van der Waals surface area contributed by atoms with Crippen LogP contribution >= 0.6 is 0 Å². The molecule has 1 aromatic carbocycles. The number of nitrogens with one attached hydrogen (secondary N) is 2. The second kappa shape index (κ2) is 7.68. The number of rotatable bonds is 5. The van der Waals surface area contributed by atoms with E-state index in [-0.39, 0.29) is 12.1 Å². The summed E-state index contributed by atoms with van der Waals surface area (Å²) in [4.78, 5) is 23.4. The summed E-state index contributed by atoms with van der Waals surface area (Å²) in [5.41, 5.74) is 2.24. The number of amides is 2. The van der Waals surface area contributed by atoms with Crippen LogP contribution in [0.15, 0.2) is 24.3 Å². The van der Waals surface area contributed by atoms with Gasteiger partial charge in [0.05, 0.1) is 6.04 Å². The molecule has 20 heavy (non-hydrogen) atoms. The van der Waals surface area contributed by atoms with E-state index in [0.717, 1.165) is 18.4 Å². The van der Waals surface area contributed by atoms with Crippen molar-refractivity contribution in [3.8, 4) is 0 Å². The number of aryl methyl sites for hydroxylation is 1. The third-order valence-electron chi connectivity index (χ3n) is 3.43. The van der Waals surface area contributed by atoms with Crippen LogP contribution in [0.2, 0.25) is 0 Å². The molecule has 0 fully saturated rings. The molecule has 2 N–H and O–H groups in total. The van der Waals surface area contributed by atoms with E-state index in [9.17, 15) is 9.59 Å². The first-order valence-electron chi connectivity index (χ1n) is 7.18. The zero-order valence-electron chi connectivity index (χ0n) is 12.7. The van der Waals surface area contributed by atoms with Crippen LogP contribution in [0.5, 0.6) is 0 Å². The standard InChI is InChI=1S/C16H24N2O2/c1-5-11(3)17-15(19)16(20)18-12(4)14-9-7-13(6-2)8-10-14/h7-12H,5-6H2,1-4H3,(H,17,19)(H,18,20). The van der Waals surface area contributed by atoms with Gasteiger partial charge in [0.25, 0.3) is 0 Å². The molecule has 0 spiro atoms. The Labute approximate surface area is 121 Å². The fraction of sp³-hybridized carbons (Fsp3) is 0.500. The van der Waals surface area contributed by atoms with Gasteiger partial charge in [-0.05, 0) is 37.8 Å². The summed E-state index contributed by atoms with van der Waals surface area (Å²) in [5, 5.41) is 5.37. The van der Waals surface area contributed by atoms with Crippen molar-refractivity contribution in [2.75, 3.05) is 0 Å². The molecule has 4 heteroatoms. The van der Waals surface area contributed by atoms with Gasteiger partial charge in [0.2, 0.25) is 0 Å². The maximum absolute atomic E-state index is 11.8. The smallest absolute Gasteiger partial charge is 0.309 e. The SMILES string of the molecule is CCc1ccc(C(C)NC(=O)C(=O)NC(C)CC)cc1. The zero-order valence-corrected chi connectivity index (χ0v) is 12.7. The molecule has 1 rings (SSSR count). The lowest BCUT2D eigenvalue weighted by atomic mass is 10.0. The lowest BCUT2D eigenvalue weighted by Crippen LogP contribution is -2.44. The molecular weight excluding hydrogens is 252 g/mol. The second-order valence-electron chi connectivity index (χ2n) is 5.07. The Morgan fingerprint density at radius 1 is 1.00 bits per heavy atom. The van der Waals surface area contributed by atoms with Crippen molar-refractivity contribution < 1.29 is 9.59 Å². The number of hydrogen-bond acceptors (Lipinski definition) is 2. The molecule has 2 unspecified atom stereocenters. The molecule has 0 aromatic heterocycles. The topological polar surface area (TPSA) is 58.2 Å². The second-order valence-corrected chi connectivity index (χ2v) is 5.07.